The molecule has 0 saturated heterocycles. The van der Waals surface area contributed by atoms with Crippen molar-refractivity contribution in [2.45, 2.75) is 37.0 Å². The molecule has 0 bridgehead atoms. The van der Waals surface area contributed by atoms with E-state index in [9.17, 15) is 22.9 Å². The number of rotatable bonds is 8. The smallest absolute Gasteiger partial charge is 0.254 e. The van der Waals surface area contributed by atoms with E-state index in [1.807, 2.05) is 0 Å². The van der Waals surface area contributed by atoms with Gasteiger partial charge in [-0.1, -0.05) is 4.21 Å². The minimum absolute atomic E-state index is 0.0413. The molecular weight excluding hydrogens is 404 g/mol. The SMILES string of the molecule is Cc1cc(N[SH+](=O)C2(C[C@@H](O)CO)CC2)c(Nc2ccc(F)cc2F)n(C)c1=O. The molecule has 29 heavy (non-hydrogen) atoms. The van der Waals surface area contributed by atoms with E-state index in [0.29, 0.717) is 24.1 Å². The molecule has 1 unspecified atom stereocenters. The monoisotopic (exact) mass is 428 g/mol. The van der Waals surface area contributed by atoms with E-state index in [-0.39, 0.29) is 23.5 Å². The van der Waals surface area contributed by atoms with Crippen molar-refractivity contribution >= 4 is 28.2 Å². The van der Waals surface area contributed by atoms with Crippen molar-refractivity contribution in [3.8, 4) is 0 Å². The Bertz CT molecular complexity index is 1010. The van der Waals surface area contributed by atoms with Gasteiger partial charge >= 0.3 is 0 Å². The van der Waals surface area contributed by atoms with Crippen molar-refractivity contribution < 1.29 is 23.2 Å². The van der Waals surface area contributed by atoms with E-state index in [1.54, 1.807) is 6.92 Å². The summed E-state index contributed by atoms with van der Waals surface area (Å²) in [6.07, 6.45) is 0.482. The summed E-state index contributed by atoms with van der Waals surface area (Å²) in [6, 6.07) is 4.52. The average Bonchev–Trinajstić information content (AvgIpc) is 3.45. The average molecular weight is 428 g/mol. The molecule has 2 atom stereocenters. The van der Waals surface area contributed by atoms with Crippen LogP contribution in [-0.4, -0.2) is 32.2 Å². The predicted octanol–water partition coefficient (Wildman–Crippen LogP) is 2.01. The molecule has 0 radical (unpaired) electrons. The number of nitrogens with one attached hydrogen (secondary N) is 2. The fourth-order valence-corrected chi connectivity index (χ4v) is 4.73. The lowest BCUT2D eigenvalue weighted by Gasteiger charge is -2.19. The molecule has 1 aromatic carbocycles. The third-order valence-corrected chi connectivity index (χ3v) is 7.02. The standard InChI is InChI=1S/C19H23F2N3O4S/c1-11-7-16(23-29(28)19(5-6-19)9-13(26)10-25)17(24(2)18(11)27)22-15-4-3-12(20)8-14(15)21/h3-4,7-8,13,22,25-26H,5-6,9-10H2,1-2H3,(H,23,28)/p+1/t13-,29?/m1/s1. The summed E-state index contributed by atoms with van der Waals surface area (Å²) < 4.78 is 43.8. The van der Waals surface area contributed by atoms with Gasteiger partial charge in [0.1, 0.15) is 23.1 Å². The Morgan fingerprint density at radius 3 is 2.55 bits per heavy atom. The summed E-state index contributed by atoms with van der Waals surface area (Å²) in [5.41, 5.74) is 0.343. The van der Waals surface area contributed by atoms with Crippen LogP contribution < -0.4 is 15.6 Å². The number of aryl methyl sites for hydroxylation is 1. The highest BCUT2D eigenvalue weighted by Crippen LogP contribution is 2.46. The number of aliphatic hydroxyl groups excluding tert-OH is 2. The Labute approximate surface area is 169 Å². The number of pyridine rings is 1. The highest BCUT2D eigenvalue weighted by atomic mass is 32.2. The third kappa shape index (κ3) is 4.49. The number of aromatic nitrogens is 1. The van der Waals surface area contributed by atoms with Crippen molar-refractivity contribution in [3.63, 3.8) is 0 Å². The summed E-state index contributed by atoms with van der Waals surface area (Å²) in [5.74, 6) is -1.39. The molecular formula is C19H24F2N3O4S+. The molecule has 7 nitrogen and oxygen atoms in total. The van der Waals surface area contributed by atoms with Gasteiger partial charge in [-0.25, -0.2) is 13.5 Å². The van der Waals surface area contributed by atoms with Gasteiger partial charge in [-0.3, -0.25) is 9.36 Å². The maximum Gasteiger partial charge on any atom is 0.254 e. The summed E-state index contributed by atoms with van der Waals surface area (Å²) in [7, 11) is -0.560. The normalized spacial score (nSPS) is 16.9. The van der Waals surface area contributed by atoms with Crippen LogP contribution in [0.25, 0.3) is 0 Å². The lowest BCUT2D eigenvalue weighted by molar-refractivity contribution is 0.0861. The number of nitrogens with zero attached hydrogens (tertiary/aromatic N) is 1. The molecule has 4 N–H and O–H groups in total. The molecule has 3 rings (SSSR count). The maximum atomic E-state index is 14.1. The van der Waals surface area contributed by atoms with E-state index in [0.717, 1.165) is 12.1 Å². The number of aliphatic hydroxyl groups is 2. The minimum atomic E-state index is -2.05. The summed E-state index contributed by atoms with van der Waals surface area (Å²) in [4.78, 5) is 12.4. The van der Waals surface area contributed by atoms with Gasteiger partial charge in [-0.05, 0) is 25.1 Å². The molecule has 1 heterocycles. The lowest BCUT2D eigenvalue weighted by atomic mass is 10.2. The summed E-state index contributed by atoms with van der Waals surface area (Å²) in [6.45, 7) is 1.19. The van der Waals surface area contributed by atoms with Crippen LogP contribution in [-0.2, 0) is 22.2 Å². The van der Waals surface area contributed by atoms with Gasteiger partial charge in [0.25, 0.3) is 5.56 Å². The molecule has 0 spiro atoms. The number of halogens is 2. The minimum Gasteiger partial charge on any atom is -0.394 e. The predicted molar refractivity (Wildman–Crippen MR) is 109 cm³/mol. The zero-order chi connectivity index (χ0) is 21.3. The molecule has 158 valence electrons. The number of hydrogen-bond donors (Lipinski definition) is 4. The first-order valence-electron chi connectivity index (χ1n) is 9.12. The van der Waals surface area contributed by atoms with E-state index in [4.69, 9.17) is 5.11 Å². The Morgan fingerprint density at radius 1 is 1.28 bits per heavy atom. The number of benzene rings is 1. The summed E-state index contributed by atoms with van der Waals surface area (Å²) in [5, 5.41) is 21.6. The van der Waals surface area contributed by atoms with Crippen LogP contribution in [0.3, 0.4) is 0 Å². The van der Waals surface area contributed by atoms with Crippen LogP contribution in [0.5, 0.6) is 0 Å². The first-order valence-corrected chi connectivity index (χ1v) is 10.4. The van der Waals surface area contributed by atoms with Crippen molar-refractivity contribution in [1.29, 1.82) is 0 Å². The van der Waals surface area contributed by atoms with Gasteiger partial charge in [0.05, 0.1) is 18.4 Å². The molecule has 1 saturated carbocycles. The van der Waals surface area contributed by atoms with Crippen molar-refractivity contribution in [2.75, 3.05) is 16.6 Å². The molecule has 0 amide bonds. The summed E-state index contributed by atoms with van der Waals surface area (Å²) >= 11 is 0. The highest BCUT2D eigenvalue weighted by molar-refractivity contribution is 7.88. The van der Waals surface area contributed by atoms with Gasteiger partial charge in [-0.15, -0.1) is 0 Å². The molecule has 10 heteroatoms. The molecule has 1 aromatic heterocycles. The van der Waals surface area contributed by atoms with E-state index in [2.05, 4.69) is 10.0 Å². The largest absolute Gasteiger partial charge is 0.394 e. The zero-order valence-corrected chi connectivity index (χ0v) is 17.0. The van der Waals surface area contributed by atoms with Gasteiger partial charge < -0.3 is 15.5 Å². The van der Waals surface area contributed by atoms with Crippen LogP contribution in [0.4, 0.5) is 26.0 Å². The van der Waals surface area contributed by atoms with Crippen molar-refractivity contribution in [2.24, 2.45) is 7.05 Å². The van der Waals surface area contributed by atoms with Crippen LogP contribution >= 0.6 is 0 Å². The highest BCUT2D eigenvalue weighted by Gasteiger charge is 2.56. The topological polar surface area (TPSA) is 104 Å². The third-order valence-electron chi connectivity index (χ3n) is 5.08. The second kappa shape index (κ2) is 8.21. The molecule has 1 aliphatic carbocycles. The molecule has 1 aliphatic rings. The van der Waals surface area contributed by atoms with Crippen molar-refractivity contribution in [3.05, 3.63) is 51.8 Å². The molecule has 0 aliphatic heterocycles. The Hall–Kier alpha value is -2.30. The first-order chi connectivity index (χ1) is 13.7. The second-order valence-electron chi connectivity index (χ2n) is 7.37. The van der Waals surface area contributed by atoms with E-state index in [1.165, 1.54) is 23.7 Å². The Kier molecular flexibility index (Phi) is 6.06. The fourth-order valence-electron chi connectivity index (χ4n) is 3.21. The molecule has 2 aromatic rings. The van der Waals surface area contributed by atoms with Crippen LogP contribution in [0.15, 0.2) is 29.1 Å². The van der Waals surface area contributed by atoms with Gasteiger partial charge in [0, 0.05) is 37.9 Å². The maximum absolute atomic E-state index is 14.1. The zero-order valence-electron chi connectivity index (χ0n) is 16.1. The Morgan fingerprint density at radius 2 is 1.97 bits per heavy atom. The van der Waals surface area contributed by atoms with E-state index >= 15 is 0 Å². The van der Waals surface area contributed by atoms with Gasteiger partial charge in [0.15, 0.2) is 15.7 Å². The van der Waals surface area contributed by atoms with E-state index < -0.39 is 40.1 Å². The lowest BCUT2D eigenvalue weighted by Crippen LogP contribution is -2.30. The van der Waals surface area contributed by atoms with Crippen LogP contribution in [0.2, 0.25) is 0 Å². The van der Waals surface area contributed by atoms with Gasteiger partial charge in [0.2, 0.25) is 0 Å². The fraction of sp³-hybridized carbons (Fsp3) is 0.421. The van der Waals surface area contributed by atoms with Crippen LogP contribution in [0.1, 0.15) is 24.8 Å². The van der Waals surface area contributed by atoms with Crippen LogP contribution in [0, 0.1) is 18.6 Å². The number of anilines is 3. The number of hydrogen-bond acceptors (Lipinski definition) is 5. The quantitative estimate of drug-likeness (QED) is 0.381. The number of thiol groups is 1. The Balaban J connectivity index is 1.94. The van der Waals surface area contributed by atoms with Crippen molar-refractivity contribution in [1.82, 2.24) is 4.57 Å². The van der Waals surface area contributed by atoms with Gasteiger partial charge in [-0.2, -0.15) is 0 Å². The second-order valence-corrected chi connectivity index (χ2v) is 9.14. The molecule has 1 fully saturated rings. The first kappa shape index (κ1) is 21.4.